The maximum absolute atomic E-state index is 14.5. The Hall–Kier alpha value is -3.66. The van der Waals surface area contributed by atoms with Gasteiger partial charge in [0.25, 0.3) is 10.0 Å². The van der Waals surface area contributed by atoms with Gasteiger partial charge in [-0.05, 0) is 66.4 Å². The number of carbonyl (C=O) groups excluding carboxylic acids is 2. The van der Waals surface area contributed by atoms with Crippen molar-refractivity contribution in [1.29, 1.82) is 0 Å². The van der Waals surface area contributed by atoms with Crippen LogP contribution < -0.4 is 9.62 Å². The number of nitrogens with zero attached hydrogens (tertiary/aromatic N) is 2. The number of benzene rings is 4. The zero-order valence-corrected chi connectivity index (χ0v) is 28.5. The monoisotopic (exact) mass is 709 g/mol. The molecule has 0 aliphatic rings. The number of unbranched alkanes of at least 4 members (excludes halogenated alkanes) is 1. The molecule has 1 atom stereocenters. The largest absolute Gasteiger partial charge is 0.354 e. The minimum absolute atomic E-state index is 0.0344. The van der Waals surface area contributed by atoms with E-state index in [4.69, 9.17) is 11.6 Å². The third-order valence-corrected chi connectivity index (χ3v) is 10.1. The number of sulfonamides is 1. The molecule has 0 aromatic heterocycles. The van der Waals surface area contributed by atoms with Gasteiger partial charge < -0.3 is 10.2 Å². The molecule has 0 aliphatic carbocycles. The number of aryl methyl sites for hydroxylation is 1. The van der Waals surface area contributed by atoms with Crippen molar-refractivity contribution in [2.45, 2.75) is 50.6 Å². The van der Waals surface area contributed by atoms with Crippen LogP contribution in [0.2, 0.25) is 5.02 Å². The lowest BCUT2D eigenvalue weighted by molar-refractivity contribution is -0.140. The van der Waals surface area contributed by atoms with Gasteiger partial charge in [-0.1, -0.05) is 108 Å². The van der Waals surface area contributed by atoms with Crippen molar-refractivity contribution in [2.75, 3.05) is 17.4 Å². The van der Waals surface area contributed by atoms with Gasteiger partial charge >= 0.3 is 0 Å². The second-order valence-corrected chi connectivity index (χ2v) is 13.9. The Kier molecular flexibility index (Phi) is 12.2. The fourth-order valence-electron chi connectivity index (χ4n) is 4.83. The van der Waals surface area contributed by atoms with Gasteiger partial charge in [0.05, 0.1) is 10.6 Å². The first kappa shape index (κ1) is 34.2. The van der Waals surface area contributed by atoms with E-state index in [1.54, 1.807) is 36.4 Å². The fourth-order valence-corrected chi connectivity index (χ4v) is 6.70. The van der Waals surface area contributed by atoms with Crippen molar-refractivity contribution < 1.29 is 18.0 Å². The zero-order valence-electron chi connectivity index (χ0n) is 25.3. The smallest absolute Gasteiger partial charge is 0.264 e. The van der Waals surface area contributed by atoms with Crippen LogP contribution in [-0.2, 0) is 32.6 Å². The Labute approximate surface area is 279 Å². The van der Waals surface area contributed by atoms with Crippen LogP contribution in [-0.4, -0.2) is 44.3 Å². The molecule has 4 aromatic rings. The van der Waals surface area contributed by atoms with Crippen molar-refractivity contribution in [3.63, 3.8) is 0 Å². The molecule has 1 unspecified atom stereocenters. The summed E-state index contributed by atoms with van der Waals surface area (Å²) >= 11 is 9.90. The highest BCUT2D eigenvalue weighted by Gasteiger charge is 2.34. The summed E-state index contributed by atoms with van der Waals surface area (Å²) in [6.07, 6.45) is 1.95. The van der Waals surface area contributed by atoms with Crippen LogP contribution in [0.1, 0.15) is 36.5 Å². The van der Waals surface area contributed by atoms with E-state index in [2.05, 4.69) is 21.2 Å². The van der Waals surface area contributed by atoms with Crippen molar-refractivity contribution in [2.24, 2.45) is 0 Å². The normalized spacial score (nSPS) is 11.9. The van der Waals surface area contributed by atoms with Crippen molar-refractivity contribution >= 4 is 55.1 Å². The van der Waals surface area contributed by atoms with E-state index in [9.17, 15) is 18.0 Å². The number of anilines is 1. The molecule has 0 heterocycles. The van der Waals surface area contributed by atoms with Crippen molar-refractivity contribution in [1.82, 2.24) is 10.2 Å². The van der Waals surface area contributed by atoms with Gasteiger partial charge in [0.1, 0.15) is 12.6 Å². The average molecular weight is 711 g/mol. The van der Waals surface area contributed by atoms with E-state index in [-0.39, 0.29) is 29.5 Å². The highest BCUT2D eigenvalue weighted by molar-refractivity contribution is 9.10. The van der Waals surface area contributed by atoms with Crippen LogP contribution in [0.3, 0.4) is 0 Å². The average Bonchev–Trinajstić information content (AvgIpc) is 3.04. The Bertz CT molecular complexity index is 1690. The van der Waals surface area contributed by atoms with Crippen LogP contribution in [0.25, 0.3) is 0 Å². The summed E-state index contributed by atoms with van der Waals surface area (Å²) in [5, 5.41) is 3.37. The third-order valence-electron chi connectivity index (χ3n) is 7.42. The lowest BCUT2D eigenvalue weighted by Crippen LogP contribution is -2.53. The number of hydrogen-bond acceptors (Lipinski definition) is 4. The minimum Gasteiger partial charge on any atom is -0.354 e. The van der Waals surface area contributed by atoms with Gasteiger partial charge in [-0.25, -0.2) is 8.42 Å². The van der Waals surface area contributed by atoms with Crippen molar-refractivity contribution in [3.05, 3.63) is 129 Å². The Morgan fingerprint density at radius 3 is 2.16 bits per heavy atom. The lowest BCUT2D eigenvalue weighted by atomic mass is 10.0. The molecule has 0 radical (unpaired) electrons. The van der Waals surface area contributed by atoms with Gasteiger partial charge in [-0.3, -0.25) is 13.9 Å². The summed E-state index contributed by atoms with van der Waals surface area (Å²) in [6.45, 7) is 3.88. The van der Waals surface area contributed by atoms with Crippen LogP contribution >= 0.6 is 27.5 Å². The Morgan fingerprint density at radius 2 is 1.53 bits per heavy atom. The van der Waals surface area contributed by atoms with Crippen LogP contribution in [0, 0.1) is 6.92 Å². The summed E-state index contributed by atoms with van der Waals surface area (Å²) in [7, 11) is -4.19. The molecule has 0 fully saturated rings. The Balaban J connectivity index is 1.79. The number of rotatable bonds is 14. The molecule has 0 spiro atoms. The molecule has 2 amide bonds. The van der Waals surface area contributed by atoms with Crippen LogP contribution in [0.5, 0.6) is 0 Å². The standard InChI is InChI=1S/C35H37BrClN3O4S/c1-3-4-21-38-35(42)33(22-27-11-7-5-8-12-27)39(24-28-16-18-29(36)19-17-28)34(41)25-40(30-20-15-26(2)32(37)23-30)45(43,44)31-13-9-6-10-14-31/h5-20,23,33H,3-4,21-22,24-25H2,1-2H3,(H,38,42). The molecule has 10 heteroatoms. The molecule has 4 rings (SSSR count). The molecule has 0 bridgehead atoms. The van der Waals surface area contributed by atoms with Gasteiger partial charge in [-0.2, -0.15) is 0 Å². The van der Waals surface area contributed by atoms with E-state index in [0.717, 1.165) is 38.3 Å². The lowest BCUT2D eigenvalue weighted by Gasteiger charge is -2.34. The third kappa shape index (κ3) is 9.19. The van der Waals surface area contributed by atoms with E-state index >= 15 is 0 Å². The maximum atomic E-state index is 14.5. The van der Waals surface area contributed by atoms with E-state index < -0.39 is 28.5 Å². The predicted octanol–water partition coefficient (Wildman–Crippen LogP) is 7.16. The predicted molar refractivity (Wildman–Crippen MR) is 184 cm³/mol. The quantitative estimate of drug-likeness (QED) is 0.141. The molecule has 7 nitrogen and oxygen atoms in total. The van der Waals surface area contributed by atoms with Gasteiger partial charge in [0.15, 0.2) is 0 Å². The number of halogens is 2. The van der Waals surface area contributed by atoms with Gasteiger partial charge in [0, 0.05) is 29.0 Å². The SMILES string of the molecule is CCCCNC(=O)C(Cc1ccccc1)N(Cc1ccc(Br)cc1)C(=O)CN(c1ccc(C)c(Cl)c1)S(=O)(=O)c1ccccc1. The summed E-state index contributed by atoms with van der Waals surface area (Å²) in [5.41, 5.74) is 2.69. The summed E-state index contributed by atoms with van der Waals surface area (Å²) in [4.78, 5) is 29.8. The maximum Gasteiger partial charge on any atom is 0.264 e. The molecule has 0 saturated heterocycles. The highest BCUT2D eigenvalue weighted by Crippen LogP contribution is 2.29. The first-order valence-corrected chi connectivity index (χ1v) is 17.4. The minimum atomic E-state index is -4.19. The molecule has 45 heavy (non-hydrogen) atoms. The number of carbonyl (C=O) groups is 2. The van der Waals surface area contributed by atoms with Crippen LogP contribution in [0.15, 0.2) is 112 Å². The second kappa shape index (κ2) is 16.1. The zero-order chi connectivity index (χ0) is 32.4. The van der Waals surface area contributed by atoms with Crippen molar-refractivity contribution in [3.8, 4) is 0 Å². The topological polar surface area (TPSA) is 86.8 Å². The highest BCUT2D eigenvalue weighted by atomic mass is 79.9. The van der Waals surface area contributed by atoms with E-state index in [1.165, 1.54) is 17.0 Å². The van der Waals surface area contributed by atoms with E-state index in [1.807, 2.05) is 68.4 Å². The molecular weight excluding hydrogens is 674 g/mol. The molecule has 236 valence electrons. The molecule has 0 saturated carbocycles. The fraction of sp³-hybridized carbons (Fsp3) is 0.257. The second-order valence-electron chi connectivity index (χ2n) is 10.8. The van der Waals surface area contributed by atoms with Gasteiger partial charge in [-0.15, -0.1) is 0 Å². The summed E-state index contributed by atoms with van der Waals surface area (Å²) in [5.74, 6) is -0.825. The first-order chi connectivity index (χ1) is 21.6. The molecule has 1 N–H and O–H groups in total. The van der Waals surface area contributed by atoms with Gasteiger partial charge in [0.2, 0.25) is 11.8 Å². The first-order valence-electron chi connectivity index (χ1n) is 14.8. The molecule has 0 aliphatic heterocycles. The summed E-state index contributed by atoms with van der Waals surface area (Å²) < 4.78 is 30.1. The number of nitrogens with one attached hydrogen (secondary N) is 1. The summed E-state index contributed by atoms with van der Waals surface area (Å²) in [6, 6.07) is 28.9. The Morgan fingerprint density at radius 1 is 0.889 bits per heavy atom. The van der Waals surface area contributed by atoms with E-state index in [0.29, 0.717) is 11.6 Å². The number of hydrogen-bond donors (Lipinski definition) is 1. The molecular formula is C35H37BrClN3O4S. The van der Waals surface area contributed by atoms with Crippen LogP contribution in [0.4, 0.5) is 5.69 Å². The molecule has 4 aromatic carbocycles. The number of amides is 2.